The number of alkyl halides is 2. The van der Waals surface area contributed by atoms with E-state index in [1.54, 1.807) is 0 Å². The molecule has 0 aliphatic carbocycles. The second-order valence-electron chi connectivity index (χ2n) is 3.72. The Morgan fingerprint density at radius 2 is 2.10 bits per heavy atom. The lowest BCUT2D eigenvalue weighted by molar-refractivity contribution is 0.0573. The molecule has 0 radical (unpaired) electrons. The van der Waals surface area contributed by atoms with E-state index >= 15 is 0 Å². The van der Waals surface area contributed by atoms with Crippen molar-refractivity contribution in [3.8, 4) is 0 Å². The molecule has 6 nitrogen and oxygen atoms in total. The quantitative estimate of drug-likeness (QED) is 0.638. The Hall–Kier alpha value is -1.74. The normalized spacial score (nSPS) is 12.1. The first kappa shape index (κ1) is 14.7. The van der Waals surface area contributed by atoms with Crippen molar-refractivity contribution < 1.29 is 26.7 Å². The van der Waals surface area contributed by atoms with Gasteiger partial charge in [0.1, 0.15) is 0 Å². The van der Waals surface area contributed by atoms with Gasteiger partial charge in [0, 0.05) is 22.3 Å². The molecule has 2 aromatic rings. The number of fused-ring (bicyclic) bond motifs is 1. The monoisotopic (exact) mass is 324 g/mol. The largest absolute Gasteiger partial charge is 0.465 e. The van der Waals surface area contributed by atoms with Crippen LogP contribution in [0, 0.1) is 0 Å². The number of nitrogens with zero attached hydrogens (tertiary/aromatic N) is 2. The van der Waals surface area contributed by atoms with Crippen LogP contribution in [0.25, 0.3) is 10.9 Å². The summed E-state index contributed by atoms with van der Waals surface area (Å²) in [6.45, 7) is -2.95. The second-order valence-corrected chi connectivity index (χ2v) is 6.26. The summed E-state index contributed by atoms with van der Waals surface area (Å²) >= 11 is 0. The van der Waals surface area contributed by atoms with E-state index in [9.17, 15) is 22.0 Å². The van der Waals surface area contributed by atoms with E-state index in [1.807, 2.05) is 0 Å². The fraction of sp³-hybridized carbons (Fsp3) is 0.200. The van der Waals surface area contributed by atoms with Gasteiger partial charge in [0.25, 0.3) is 9.05 Å². The molecule has 0 bridgehead atoms. The van der Waals surface area contributed by atoms with Crippen molar-refractivity contribution in [2.75, 3.05) is 7.11 Å². The van der Waals surface area contributed by atoms with Gasteiger partial charge in [0.05, 0.1) is 23.1 Å². The Labute approximate surface area is 116 Å². The first-order valence-corrected chi connectivity index (χ1v) is 7.39. The van der Waals surface area contributed by atoms with Crippen molar-refractivity contribution in [3.63, 3.8) is 0 Å². The van der Waals surface area contributed by atoms with Crippen molar-refractivity contribution in [3.05, 3.63) is 23.9 Å². The topological polar surface area (TPSA) is 78.3 Å². The molecule has 0 N–H and O–H groups in total. The molecule has 20 heavy (non-hydrogen) atoms. The predicted molar refractivity (Wildman–Crippen MR) is 65.4 cm³/mol. The average Bonchev–Trinajstić information content (AvgIpc) is 2.79. The van der Waals surface area contributed by atoms with E-state index in [0.717, 1.165) is 25.4 Å². The lowest BCUT2D eigenvalue weighted by atomic mass is 10.2. The standard InChI is InChI=1S/C10H7ClF2N2O4S/c1-19-9(16)5-2-7-6(4-15(14-7)10(12)13)8(3-5)20(11,17)18/h2-4,10H,1H3. The van der Waals surface area contributed by atoms with Crippen LogP contribution in [0.2, 0.25) is 0 Å². The zero-order valence-electron chi connectivity index (χ0n) is 9.88. The zero-order valence-corrected chi connectivity index (χ0v) is 11.5. The van der Waals surface area contributed by atoms with Gasteiger partial charge in [0.15, 0.2) is 0 Å². The number of ether oxygens (including phenoxy) is 1. The van der Waals surface area contributed by atoms with Crippen LogP contribution in [0.15, 0.2) is 23.2 Å². The van der Waals surface area contributed by atoms with Crippen LogP contribution in [0.3, 0.4) is 0 Å². The summed E-state index contributed by atoms with van der Waals surface area (Å²) in [5, 5.41) is 3.40. The highest BCUT2D eigenvalue weighted by atomic mass is 35.7. The molecule has 0 saturated heterocycles. The smallest absolute Gasteiger partial charge is 0.337 e. The molecule has 1 aromatic heterocycles. The van der Waals surface area contributed by atoms with Crippen molar-refractivity contribution in [1.82, 2.24) is 9.78 Å². The van der Waals surface area contributed by atoms with Crippen LogP contribution in [-0.4, -0.2) is 31.3 Å². The van der Waals surface area contributed by atoms with E-state index in [2.05, 4.69) is 9.84 Å². The van der Waals surface area contributed by atoms with Gasteiger partial charge in [-0.1, -0.05) is 0 Å². The highest BCUT2D eigenvalue weighted by molar-refractivity contribution is 8.14. The van der Waals surface area contributed by atoms with Crippen LogP contribution in [0.5, 0.6) is 0 Å². The van der Waals surface area contributed by atoms with Crippen LogP contribution in [-0.2, 0) is 13.8 Å². The molecular formula is C10H7ClF2N2O4S. The minimum Gasteiger partial charge on any atom is -0.465 e. The lowest BCUT2D eigenvalue weighted by Crippen LogP contribution is -2.03. The summed E-state index contributed by atoms with van der Waals surface area (Å²) in [6.07, 6.45) is 0.844. The number of halogens is 3. The van der Waals surface area contributed by atoms with Gasteiger partial charge in [-0.05, 0) is 12.1 Å². The molecular weight excluding hydrogens is 318 g/mol. The molecule has 0 atom stereocenters. The number of hydrogen-bond donors (Lipinski definition) is 0. The summed E-state index contributed by atoms with van der Waals surface area (Å²) in [4.78, 5) is 11.0. The summed E-state index contributed by atoms with van der Waals surface area (Å²) in [5.41, 5.74) is -0.258. The molecule has 0 aliphatic rings. The average molecular weight is 325 g/mol. The summed E-state index contributed by atoms with van der Waals surface area (Å²) in [7, 11) is 2.10. The second kappa shape index (κ2) is 4.98. The zero-order chi connectivity index (χ0) is 15.1. The Balaban J connectivity index is 2.82. The van der Waals surface area contributed by atoms with Crippen molar-refractivity contribution in [1.29, 1.82) is 0 Å². The van der Waals surface area contributed by atoms with Gasteiger partial charge in [-0.15, -0.1) is 0 Å². The molecule has 0 unspecified atom stereocenters. The molecule has 0 saturated carbocycles. The molecule has 1 aromatic carbocycles. The molecule has 108 valence electrons. The Bertz CT molecular complexity index is 788. The van der Waals surface area contributed by atoms with E-state index in [-0.39, 0.29) is 21.1 Å². The van der Waals surface area contributed by atoms with Gasteiger partial charge in [-0.3, -0.25) is 0 Å². The summed E-state index contributed by atoms with van der Waals surface area (Å²) < 4.78 is 52.8. The number of benzene rings is 1. The third-order valence-corrected chi connectivity index (χ3v) is 3.85. The summed E-state index contributed by atoms with van der Waals surface area (Å²) in [5.74, 6) is -0.833. The molecule has 0 spiro atoms. The van der Waals surface area contributed by atoms with E-state index in [1.165, 1.54) is 0 Å². The van der Waals surface area contributed by atoms with Gasteiger partial charge in [0.2, 0.25) is 0 Å². The fourth-order valence-corrected chi connectivity index (χ4v) is 2.72. The molecule has 10 heteroatoms. The lowest BCUT2D eigenvalue weighted by Gasteiger charge is -2.02. The maximum absolute atomic E-state index is 12.6. The van der Waals surface area contributed by atoms with Crippen molar-refractivity contribution >= 4 is 36.6 Å². The van der Waals surface area contributed by atoms with Gasteiger partial charge in [-0.2, -0.15) is 13.9 Å². The van der Waals surface area contributed by atoms with Crippen LogP contribution >= 0.6 is 10.7 Å². The Morgan fingerprint density at radius 3 is 2.60 bits per heavy atom. The number of aromatic nitrogens is 2. The maximum atomic E-state index is 12.6. The van der Waals surface area contributed by atoms with Gasteiger partial charge in [-0.25, -0.2) is 17.9 Å². The van der Waals surface area contributed by atoms with Crippen LogP contribution in [0.4, 0.5) is 8.78 Å². The number of methoxy groups -OCH3 is 1. The van der Waals surface area contributed by atoms with E-state index in [0.29, 0.717) is 0 Å². The summed E-state index contributed by atoms with van der Waals surface area (Å²) in [6, 6.07) is 2.10. The molecule has 2 rings (SSSR count). The maximum Gasteiger partial charge on any atom is 0.337 e. The number of carbonyl (C=O) groups excluding carboxylic acids is 1. The highest BCUT2D eigenvalue weighted by Crippen LogP contribution is 2.28. The van der Waals surface area contributed by atoms with E-state index in [4.69, 9.17) is 10.7 Å². The van der Waals surface area contributed by atoms with Crippen molar-refractivity contribution in [2.24, 2.45) is 0 Å². The van der Waals surface area contributed by atoms with Gasteiger partial charge < -0.3 is 4.74 Å². The molecule has 0 aliphatic heterocycles. The fourth-order valence-electron chi connectivity index (χ4n) is 1.65. The minimum absolute atomic E-state index is 0.104. The third kappa shape index (κ3) is 2.59. The number of carbonyl (C=O) groups is 1. The van der Waals surface area contributed by atoms with Crippen LogP contribution < -0.4 is 0 Å². The number of hydrogen-bond acceptors (Lipinski definition) is 5. The SMILES string of the molecule is COC(=O)c1cc(S(=O)(=O)Cl)c2cn(C(F)F)nc2c1. The molecule has 0 fully saturated rings. The molecule has 1 heterocycles. The Kier molecular flexibility index (Phi) is 3.65. The highest BCUT2D eigenvalue weighted by Gasteiger charge is 2.22. The molecule has 0 amide bonds. The first-order valence-electron chi connectivity index (χ1n) is 5.08. The van der Waals surface area contributed by atoms with E-state index < -0.39 is 26.5 Å². The Morgan fingerprint density at radius 1 is 1.45 bits per heavy atom. The predicted octanol–water partition coefficient (Wildman–Crippen LogP) is 2.15. The first-order chi connectivity index (χ1) is 9.24. The minimum atomic E-state index is -4.24. The van der Waals surface area contributed by atoms with Crippen molar-refractivity contribution in [2.45, 2.75) is 11.4 Å². The number of esters is 1. The third-order valence-electron chi connectivity index (χ3n) is 2.49. The van der Waals surface area contributed by atoms with Gasteiger partial charge >= 0.3 is 12.5 Å². The van der Waals surface area contributed by atoms with Crippen LogP contribution in [0.1, 0.15) is 16.9 Å². The number of rotatable bonds is 3.